The molecular weight excluding hydrogens is 415 g/mol. The first-order valence-electron chi connectivity index (χ1n) is 10.3. The summed E-state index contributed by atoms with van der Waals surface area (Å²) >= 11 is 0. The number of hydrogen-bond donors (Lipinski definition) is 2. The quantitative estimate of drug-likeness (QED) is 0.746. The van der Waals surface area contributed by atoms with Crippen LogP contribution >= 0.6 is 0 Å². The third kappa shape index (κ3) is 5.96. The van der Waals surface area contributed by atoms with Crippen LogP contribution in [0.1, 0.15) is 27.2 Å². The number of carbonyl (C=O) groups excluding carboxylic acids is 3. The lowest BCUT2D eigenvalue weighted by atomic mass is 10.2. The Morgan fingerprint density at radius 2 is 1.66 bits per heavy atom. The Bertz CT molecular complexity index is 1010. The lowest BCUT2D eigenvalue weighted by molar-refractivity contribution is -0.118. The number of imide groups is 1. The molecule has 0 unspecified atom stereocenters. The molecule has 2 aromatic rings. The Morgan fingerprint density at radius 1 is 1.00 bits per heavy atom. The molecule has 170 valence electrons. The van der Waals surface area contributed by atoms with Gasteiger partial charge in [0.2, 0.25) is 5.91 Å². The molecule has 0 aromatic heterocycles. The smallest absolute Gasteiger partial charge is 0.414 e. The van der Waals surface area contributed by atoms with E-state index >= 15 is 0 Å². The van der Waals surface area contributed by atoms with Gasteiger partial charge in [0, 0.05) is 13.1 Å². The summed E-state index contributed by atoms with van der Waals surface area (Å²) in [5, 5.41) is 4.54. The average Bonchev–Trinajstić information content (AvgIpc) is 2.88. The number of amides is 4. The monoisotopic (exact) mass is 442 g/mol. The fraction of sp³-hybridized carbons (Fsp3) is 0.348. The predicted octanol–water partition coefficient (Wildman–Crippen LogP) is 4.13. The Balaban J connectivity index is 1.70. The maximum atomic E-state index is 13.7. The summed E-state index contributed by atoms with van der Waals surface area (Å²) in [4.78, 5) is 40.7. The number of rotatable bonds is 3. The molecule has 0 radical (unpaired) electrons. The summed E-state index contributed by atoms with van der Waals surface area (Å²) in [5.74, 6) is -1.15. The van der Waals surface area contributed by atoms with E-state index in [1.807, 2.05) is 18.2 Å². The molecule has 0 spiro atoms. The van der Waals surface area contributed by atoms with Crippen LogP contribution < -0.4 is 20.4 Å². The number of benzene rings is 2. The lowest BCUT2D eigenvalue weighted by Gasteiger charge is -2.28. The van der Waals surface area contributed by atoms with Crippen LogP contribution in [0.25, 0.3) is 0 Å². The number of hydrogen-bond acceptors (Lipinski definition) is 5. The van der Waals surface area contributed by atoms with Crippen molar-refractivity contribution < 1.29 is 23.5 Å². The predicted molar refractivity (Wildman–Crippen MR) is 120 cm³/mol. The minimum absolute atomic E-state index is 0.0223. The van der Waals surface area contributed by atoms with Gasteiger partial charge >= 0.3 is 12.1 Å². The molecule has 1 aliphatic heterocycles. The zero-order valence-electron chi connectivity index (χ0n) is 18.4. The van der Waals surface area contributed by atoms with E-state index in [9.17, 15) is 18.8 Å². The summed E-state index contributed by atoms with van der Waals surface area (Å²) in [6.07, 6.45) is 0.142. The maximum absolute atomic E-state index is 13.7. The van der Waals surface area contributed by atoms with Crippen molar-refractivity contribution in [1.29, 1.82) is 0 Å². The van der Waals surface area contributed by atoms with Crippen LogP contribution in [0.4, 0.5) is 31.0 Å². The van der Waals surface area contributed by atoms with Crippen LogP contribution in [0.3, 0.4) is 0 Å². The van der Waals surface area contributed by atoms with Crippen LogP contribution in [-0.4, -0.2) is 43.3 Å². The minimum Gasteiger partial charge on any atom is -0.443 e. The zero-order valence-corrected chi connectivity index (χ0v) is 18.4. The highest BCUT2D eigenvalue weighted by Gasteiger charge is 2.29. The highest BCUT2D eigenvalue weighted by molar-refractivity contribution is 6.03. The van der Waals surface area contributed by atoms with Crippen LogP contribution in [0.2, 0.25) is 0 Å². The van der Waals surface area contributed by atoms with Crippen molar-refractivity contribution in [3.63, 3.8) is 0 Å². The zero-order chi connectivity index (χ0) is 23.3. The van der Waals surface area contributed by atoms with Gasteiger partial charge in [-0.25, -0.2) is 14.0 Å². The van der Waals surface area contributed by atoms with Crippen molar-refractivity contribution >= 4 is 35.1 Å². The molecule has 0 saturated heterocycles. The molecule has 0 atom stereocenters. The summed E-state index contributed by atoms with van der Waals surface area (Å²) < 4.78 is 19.2. The van der Waals surface area contributed by atoms with E-state index in [1.165, 1.54) is 18.2 Å². The van der Waals surface area contributed by atoms with E-state index in [0.717, 1.165) is 0 Å². The van der Waals surface area contributed by atoms with Crippen LogP contribution in [0.5, 0.6) is 0 Å². The van der Waals surface area contributed by atoms with E-state index < -0.39 is 29.4 Å². The number of anilines is 3. The molecule has 2 aromatic carbocycles. The Hall–Kier alpha value is -3.62. The van der Waals surface area contributed by atoms with E-state index in [1.54, 1.807) is 42.7 Å². The number of nitrogens with one attached hydrogen (secondary N) is 2. The molecule has 0 aliphatic carbocycles. The van der Waals surface area contributed by atoms with Crippen molar-refractivity contribution in [2.24, 2.45) is 0 Å². The van der Waals surface area contributed by atoms with E-state index in [4.69, 9.17) is 4.74 Å². The normalized spacial score (nSPS) is 13.6. The number of urea groups is 1. The first-order valence-corrected chi connectivity index (χ1v) is 10.3. The first kappa shape index (κ1) is 23.1. The first-order chi connectivity index (χ1) is 15.1. The standard InChI is InChI=1S/C23H27FN4O4/c1-23(2,3)32-22(31)28-14-8-13-27(18-11-6-7-12-19(18)28)15-20(29)26-21(30)25-17-10-5-4-9-16(17)24/h4-7,9-12H,8,13-15H2,1-3H3,(H2,25,26,29,30). The van der Waals surface area contributed by atoms with Gasteiger partial charge < -0.3 is 15.0 Å². The highest BCUT2D eigenvalue weighted by Crippen LogP contribution is 2.33. The third-order valence-electron chi connectivity index (χ3n) is 4.65. The molecule has 0 fully saturated rings. The number of para-hydroxylation sites is 3. The van der Waals surface area contributed by atoms with E-state index in [0.29, 0.717) is 30.9 Å². The van der Waals surface area contributed by atoms with Crippen LogP contribution in [0.15, 0.2) is 48.5 Å². The lowest BCUT2D eigenvalue weighted by Crippen LogP contribution is -2.42. The van der Waals surface area contributed by atoms with Crippen molar-refractivity contribution in [3.8, 4) is 0 Å². The van der Waals surface area contributed by atoms with E-state index in [2.05, 4.69) is 10.6 Å². The van der Waals surface area contributed by atoms with Crippen molar-refractivity contribution in [2.75, 3.05) is 34.8 Å². The van der Waals surface area contributed by atoms with Crippen molar-refractivity contribution in [1.82, 2.24) is 5.32 Å². The summed E-state index contributed by atoms with van der Waals surface area (Å²) in [6, 6.07) is 12.1. The summed E-state index contributed by atoms with van der Waals surface area (Å²) in [6.45, 7) is 6.23. The van der Waals surface area contributed by atoms with Gasteiger partial charge in [-0.05, 0) is 51.5 Å². The fourth-order valence-corrected chi connectivity index (χ4v) is 3.35. The van der Waals surface area contributed by atoms with Crippen molar-refractivity contribution in [2.45, 2.75) is 32.8 Å². The Labute approximate surface area is 186 Å². The number of ether oxygens (including phenoxy) is 1. The second kappa shape index (κ2) is 9.67. The second-order valence-electron chi connectivity index (χ2n) is 8.38. The van der Waals surface area contributed by atoms with Gasteiger partial charge in [-0.15, -0.1) is 0 Å². The summed E-state index contributed by atoms with van der Waals surface area (Å²) in [5.41, 5.74) is 0.651. The fourth-order valence-electron chi connectivity index (χ4n) is 3.35. The average molecular weight is 442 g/mol. The van der Waals surface area contributed by atoms with Gasteiger partial charge in [0.05, 0.1) is 23.6 Å². The van der Waals surface area contributed by atoms with Gasteiger partial charge in [-0.1, -0.05) is 24.3 Å². The molecule has 1 heterocycles. The minimum atomic E-state index is -0.821. The molecule has 2 N–H and O–H groups in total. The number of halogens is 1. The number of nitrogens with zero attached hydrogens (tertiary/aromatic N) is 2. The molecule has 0 saturated carbocycles. The second-order valence-corrected chi connectivity index (χ2v) is 8.38. The van der Waals surface area contributed by atoms with Crippen molar-refractivity contribution in [3.05, 3.63) is 54.3 Å². The molecule has 32 heavy (non-hydrogen) atoms. The Morgan fingerprint density at radius 3 is 2.34 bits per heavy atom. The van der Waals surface area contributed by atoms with Crippen LogP contribution in [-0.2, 0) is 9.53 Å². The van der Waals surface area contributed by atoms with Gasteiger partial charge in [0.1, 0.15) is 11.4 Å². The molecule has 1 aliphatic rings. The molecule has 4 amide bonds. The maximum Gasteiger partial charge on any atom is 0.414 e. The highest BCUT2D eigenvalue weighted by atomic mass is 19.1. The third-order valence-corrected chi connectivity index (χ3v) is 4.65. The molecular formula is C23H27FN4O4. The SMILES string of the molecule is CC(C)(C)OC(=O)N1CCCN(CC(=O)NC(=O)Nc2ccccc2F)c2ccccc21. The molecule has 9 heteroatoms. The summed E-state index contributed by atoms with van der Waals surface area (Å²) in [7, 11) is 0. The van der Waals surface area contributed by atoms with Gasteiger partial charge in [0.25, 0.3) is 0 Å². The molecule has 3 rings (SSSR count). The largest absolute Gasteiger partial charge is 0.443 e. The molecule has 0 bridgehead atoms. The topological polar surface area (TPSA) is 91.0 Å². The van der Waals surface area contributed by atoms with Gasteiger partial charge in [-0.3, -0.25) is 15.0 Å². The van der Waals surface area contributed by atoms with Gasteiger partial charge in [0.15, 0.2) is 0 Å². The number of fused-ring (bicyclic) bond motifs is 1. The number of carbonyl (C=O) groups is 3. The van der Waals surface area contributed by atoms with E-state index in [-0.39, 0.29) is 12.2 Å². The Kier molecular flexibility index (Phi) is 6.97. The van der Waals surface area contributed by atoms with Crippen LogP contribution in [0, 0.1) is 5.82 Å². The van der Waals surface area contributed by atoms with Gasteiger partial charge in [-0.2, -0.15) is 0 Å². The molecule has 8 nitrogen and oxygen atoms in total.